The van der Waals surface area contributed by atoms with E-state index in [1.807, 2.05) is 12.1 Å². The van der Waals surface area contributed by atoms with Gasteiger partial charge in [0.25, 0.3) is 0 Å². The Morgan fingerprint density at radius 2 is 2.00 bits per heavy atom. The minimum atomic E-state index is -0.112. The van der Waals surface area contributed by atoms with Crippen molar-refractivity contribution in [3.8, 4) is 0 Å². The second kappa shape index (κ2) is 6.96. The molecule has 0 radical (unpaired) electrons. The molecule has 3 rings (SSSR count). The fraction of sp³-hybridized carbons (Fsp3) is 0.526. The zero-order chi connectivity index (χ0) is 18.0. The first-order chi connectivity index (χ1) is 11.8. The van der Waals surface area contributed by atoms with Crippen LogP contribution in [0.5, 0.6) is 0 Å². The third-order valence-corrected chi connectivity index (χ3v) is 4.38. The average Bonchev–Trinajstić information content (AvgIpc) is 3.17. The number of nitrogens with zero attached hydrogens (tertiary/aromatic N) is 3. The summed E-state index contributed by atoms with van der Waals surface area (Å²) in [6, 6.07) is 8.00. The monoisotopic (exact) mass is 342 g/mol. The lowest BCUT2D eigenvalue weighted by Crippen LogP contribution is -2.19. The van der Waals surface area contributed by atoms with Crippen molar-refractivity contribution in [1.82, 2.24) is 15.1 Å². The zero-order valence-corrected chi connectivity index (χ0v) is 15.4. The molecule has 1 saturated heterocycles. The summed E-state index contributed by atoms with van der Waals surface area (Å²) < 4.78 is 5.89. The highest BCUT2D eigenvalue weighted by molar-refractivity contribution is 5.88. The maximum atomic E-state index is 11.1. The third kappa shape index (κ3) is 4.45. The van der Waals surface area contributed by atoms with Crippen molar-refractivity contribution < 1.29 is 9.21 Å². The Labute approximate surface area is 148 Å². The molecule has 0 aliphatic carbocycles. The van der Waals surface area contributed by atoms with Gasteiger partial charge in [-0.25, -0.2) is 0 Å². The molecule has 1 N–H and O–H groups in total. The number of aromatic nitrogens is 2. The first-order valence-corrected chi connectivity index (χ1v) is 8.74. The Balaban J connectivity index is 1.58. The van der Waals surface area contributed by atoms with Gasteiger partial charge in [-0.2, -0.15) is 0 Å². The SMILES string of the molecule is CC(=O)Nc1ccc(CN2CC[C@H](c3nnc(C(C)(C)C)o3)C2)cc1. The van der Waals surface area contributed by atoms with Crippen molar-refractivity contribution in [3.63, 3.8) is 0 Å². The Bertz CT molecular complexity index is 731. The first kappa shape index (κ1) is 17.6. The summed E-state index contributed by atoms with van der Waals surface area (Å²) in [5.74, 6) is 1.72. The largest absolute Gasteiger partial charge is 0.424 e. The number of carbonyl (C=O) groups excluding carboxylic acids is 1. The molecular weight excluding hydrogens is 316 g/mol. The van der Waals surface area contributed by atoms with Crippen molar-refractivity contribution >= 4 is 11.6 Å². The van der Waals surface area contributed by atoms with Gasteiger partial charge in [-0.1, -0.05) is 32.9 Å². The van der Waals surface area contributed by atoms with Crippen LogP contribution >= 0.6 is 0 Å². The lowest BCUT2D eigenvalue weighted by molar-refractivity contribution is -0.114. The number of likely N-dealkylation sites (tertiary alicyclic amines) is 1. The van der Waals surface area contributed by atoms with Crippen LogP contribution in [0.15, 0.2) is 28.7 Å². The van der Waals surface area contributed by atoms with E-state index < -0.39 is 0 Å². The van der Waals surface area contributed by atoms with Crippen molar-refractivity contribution in [2.45, 2.75) is 52.0 Å². The standard InChI is InChI=1S/C19H26N4O2/c1-13(24)20-16-7-5-14(6-8-16)11-23-10-9-15(12-23)17-21-22-18(25-17)19(2,3)4/h5-8,15H,9-12H2,1-4H3,(H,20,24)/t15-/m0/s1. The second-order valence-electron chi connectivity index (χ2n) is 7.79. The highest BCUT2D eigenvalue weighted by atomic mass is 16.4. The summed E-state index contributed by atoms with van der Waals surface area (Å²) in [5.41, 5.74) is 1.95. The van der Waals surface area contributed by atoms with E-state index in [0.717, 1.165) is 37.6 Å². The van der Waals surface area contributed by atoms with Crippen molar-refractivity contribution in [3.05, 3.63) is 41.6 Å². The van der Waals surface area contributed by atoms with Gasteiger partial charge in [0.15, 0.2) is 0 Å². The Morgan fingerprint density at radius 1 is 1.28 bits per heavy atom. The number of nitrogens with one attached hydrogen (secondary N) is 1. The van der Waals surface area contributed by atoms with Crippen LogP contribution in [-0.4, -0.2) is 34.1 Å². The number of hydrogen-bond acceptors (Lipinski definition) is 5. The van der Waals surface area contributed by atoms with Gasteiger partial charge in [-0.05, 0) is 30.7 Å². The van der Waals surface area contributed by atoms with Gasteiger partial charge in [0.1, 0.15) is 0 Å². The number of rotatable bonds is 4. The number of hydrogen-bond donors (Lipinski definition) is 1. The van der Waals surface area contributed by atoms with Crippen LogP contribution in [-0.2, 0) is 16.8 Å². The van der Waals surface area contributed by atoms with Crippen LogP contribution in [0.2, 0.25) is 0 Å². The Morgan fingerprint density at radius 3 is 2.60 bits per heavy atom. The molecule has 1 aliphatic heterocycles. The van der Waals surface area contributed by atoms with Crippen molar-refractivity contribution in [2.75, 3.05) is 18.4 Å². The lowest BCUT2D eigenvalue weighted by Gasteiger charge is -2.15. The van der Waals surface area contributed by atoms with E-state index in [1.165, 1.54) is 12.5 Å². The highest BCUT2D eigenvalue weighted by Crippen LogP contribution is 2.30. The smallest absolute Gasteiger partial charge is 0.221 e. The molecule has 0 spiro atoms. The zero-order valence-electron chi connectivity index (χ0n) is 15.4. The highest BCUT2D eigenvalue weighted by Gasteiger charge is 2.30. The summed E-state index contributed by atoms with van der Waals surface area (Å²) in [5, 5.41) is 11.3. The van der Waals surface area contributed by atoms with Crippen molar-refractivity contribution in [2.24, 2.45) is 0 Å². The maximum absolute atomic E-state index is 11.1. The molecule has 2 aromatic rings. The van der Waals surface area contributed by atoms with Gasteiger partial charge in [0.05, 0.1) is 5.92 Å². The van der Waals surface area contributed by atoms with Crippen molar-refractivity contribution in [1.29, 1.82) is 0 Å². The summed E-state index contributed by atoms with van der Waals surface area (Å²) >= 11 is 0. The molecule has 0 bridgehead atoms. The average molecular weight is 342 g/mol. The topological polar surface area (TPSA) is 71.3 Å². The van der Waals surface area contributed by atoms with Crippen LogP contribution in [0.25, 0.3) is 0 Å². The molecule has 134 valence electrons. The van der Waals surface area contributed by atoms with Gasteiger partial charge >= 0.3 is 0 Å². The number of amides is 1. The fourth-order valence-corrected chi connectivity index (χ4v) is 3.04. The third-order valence-electron chi connectivity index (χ3n) is 4.38. The first-order valence-electron chi connectivity index (χ1n) is 8.74. The van der Waals surface area contributed by atoms with Gasteiger partial charge in [-0.15, -0.1) is 10.2 Å². The molecule has 1 amide bonds. The normalized spacial score (nSPS) is 18.5. The minimum Gasteiger partial charge on any atom is -0.424 e. The molecule has 1 aliphatic rings. The Kier molecular flexibility index (Phi) is 4.90. The van der Waals surface area contributed by atoms with E-state index in [2.05, 4.69) is 53.3 Å². The molecule has 1 aromatic heterocycles. The Hall–Kier alpha value is -2.21. The lowest BCUT2D eigenvalue weighted by atomic mass is 9.97. The summed E-state index contributed by atoms with van der Waals surface area (Å²) in [4.78, 5) is 13.5. The molecule has 1 aromatic carbocycles. The molecule has 25 heavy (non-hydrogen) atoms. The van der Waals surface area contributed by atoms with Gasteiger partial charge < -0.3 is 9.73 Å². The van der Waals surface area contributed by atoms with Crippen LogP contribution in [0.3, 0.4) is 0 Å². The number of anilines is 1. The predicted molar refractivity (Wildman–Crippen MR) is 96.4 cm³/mol. The molecule has 6 heteroatoms. The molecule has 6 nitrogen and oxygen atoms in total. The molecular formula is C19H26N4O2. The van der Waals surface area contributed by atoms with Crippen LogP contribution in [0, 0.1) is 0 Å². The molecule has 1 fully saturated rings. The maximum Gasteiger partial charge on any atom is 0.221 e. The van der Waals surface area contributed by atoms with E-state index >= 15 is 0 Å². The minimum absolute atomic E-state index is 0.0516. The number of carbonyl (C=O) groups is 1. The molecule has 2 heterocycles. The van der Waals surface area contributed by atoms with E-state index in [1.54, 1.807) is 0 Å². The summed E-state index contributed by atoms with van der Waals surface area (Å²) in [6.45, 7) is 10.6. The van der Waals surface area contributed by atoms with Gasteiger partial charge in [-0.3, -0.25) is 9.69 Å². The van der Waals surface area contributed by atoms with Crippen LogP contribution in [0.1, 0.15) is 57.4 Å². The van der Waals surface area contributed by atoms with Crippen LogP contribution < -0.4 is 5.32 Å². The quantitative estimate of drug-likeness (QED) is 0.923. The molecule has 0 unspecified atom stereocenters. The number of benzene rings is 1. The van der Waals surface area contributed by atoms with E-state index in [-0.39, 0.29) is 11.3 Å². The second-order valence-corrected chi connectivity index (χ2v) is 7.79. The predicted octanol–water partition coefficient (Wildman–Crippen LogP) is 3.32. The summed E-state index contributed by atoms with van der Waals surface area (Å²) in [7, 11) is 0. The van der Waals surface area contributed by atoms with E-state index in [9.17, 15) is 4.79 Å². The van der Waals surface area contributed by atoms with Crippen LogP contribution in [0.4, 0.5) is 5.69 Å². The van der Waals surface area contributed by atoms with Gasteiger partial charge in [0, 0.05) is 31.1 Å². The van der Waals surface area contributed by atoms with Gasteiger partial charge in [0.2, 0.25) is 17.7 Å². The van der Waals surface area contributed by atoms with E-state index in [0.29, 0.717) is 11.8 Å². The molecule has 1 atom stereocenters. The molecule has 0 saturated carbocycles. The fourth-order valence-electron chi connectivity index (χ4n) is 3.04. The van der Waals surface area contributed by atoms with E-state index in [4.69, 9.17) is 4.42 Å². The summed E-state index contributed by atoms with van der Waals surface area (Å²) in [6.07, 6.45) is 1.04.